The van der Waals surface area contributed by atoms with Crippen molar-refractivity contribution in [2.75, 3.05) is 9.80 Å². The minimum atomic E-state index is -2.83. The molecule has 0 spiro atoms. The fraction of sp³-hybridized carbons (Fsp3) is 0.344. The molecule has 0 radical (unpaired) electrons. The summed E-state index contributed by atoms with van der Waals surface area (Å²) in [6.45, 7) is 0. The van der Waals surface area contributed by atoms with Crippen LogP contribution in [0.1, 0.15) is 55.7 Å². The zero-order valence-corrected chi connectivity index (χ0v) is 24.6. The van der Waals surface area contributed by atoms with Crippen LogP contribution in [0.2, 0.25) is 5.02 Å². The molecule has 1 aromatic heterocycles. The molecule has 1 aliphatic carbocycles. The summed E-state index contributed by atoms with van der Waals surface area (Å²) in [7, 11) is 0. The zero-order valence-electron chi connectivity index (χ0n) is 23.9. The molecule has 5 rings (SSSR count). The lowest BCUT2D eigenvalue weighted by atomic mass is 9.91. The molecule has 3 amide bonds. The molecule has 13 heteroatoms. The van der Waals surface area contributed by atoms with Crippen molar-refractivity contribution in [3.05, 3.63) is 88.8 Å². The second-order valence-electron chi connectivity index (χ2n) is 11.1. The van der Waals surface area contributed by atoms with Crippen LogP contribution in [-0.2, 0) is 14.4 Å². The molecule has 1 aliphatic heterocycles. The number of amides is 3. The summed E-state index contributed by atoms with van der Waals surface area (Å²) >= 11 is 6.54. The summed E-state index contributed by atoms with van der Waals surface area (Å²) in [4.78, 5) is 47.7. The number of nitrogens with one attached hydrogen (secondary N) is 1. The monoisotopic (exact) mass is 639 g/mol. The van der Waals surface area contributed by atoms with E-state index in [1.54, 1.807) is 12.1 Å². The quantitative estimate of drug-likeness (QED) is 0.354. The van der Waals surface area contributed by atoms with E-state index in [1.165, 1.54) is 48.7 Å². The Hall–Kier alpha value is -4.47. The van der Waals surface area contributed by atoms with Gasteiger partial charge in [0.05, 0.1) is 17.7 Å². The molecule has 3 atom stereocenters. The number of nitriles is 1. The third-order valence-electron chi connectivity index (χ3n) is 8.04. The largest absolute Gasteiger partial charge is 0.383 e. The zero-order chi connectivity index (χ0) is 32.3. The van der Waals surface area contributed by atoms with Crippen LogP contribution in [-0.4, -0.2) is 51.9 Å². The molecule has 2 N–H and O–H groups in total. The van der Waals surface area contributed by atoms with Gasteiger partial charge >= 0.3 is 0 Å². The van der Waals surface area contributed by atoms with Gasteiger partial charge in [0.2, 0.25) is 17.7 Å². The van der Waals surface area contributed by atoms with Gasteiger partial charge in [-0.1, -0.05) is 35.9 Å². The highest BCUT2D eigenvalue weighted by Crippen LogP contribution is 2.37. The van der Waals surface area contributed by atoms with Gasteiger partial charge < -0.3 is 10.4 Å². The molecule has 2 aliphatic rings. The number of aromatic nitrogens is 1. The average molecular weight is 640 g/mol. The number of hydrogen-bond donors (Lipinski definition) is 2. The molecule has 9 nitrogen and oxygen atoms in total. The van der Waals surface area contributed by atoms with Crippen molar-refractivity contribution in [2.24, 2.45) is 0 Å². The van der Waals surface area contributed by atoms with E-state index in [4.69, 9.17) is 11.6 Å². The minimum absolute atomic E-state index is 0.0104. The molecule has 1 saturated carbocycles. The number of rotatable bonds is 8. The first-order valence-electron chi connectivity index (χ1n) is 14.3. The van der Waals surface area contributed by atoms with E-state index >= 15 is 0 Å². The molecule has 2 fully saturated rings. The lowest BCUT2D eigenvalue weighted by molar-refractivity contribution is -0.128. The molecule has 2 heterocycles. The van der Waals surface area contributed by atoms with Crippen molar-refractivity contribution < 1.29 is 32.7 Å². The van der Waals surface area contributed by atoms with Gasteiger partial charge in [-0.2, -0.15) is 5.26 Å². The number of pyridine rings is 1. The molecular formula is C32H29ClF3N5O4. The van der Waals surface area contributed by atoms with E-state index < -0.39 is 73.0 Å². The van der Waals surface area contributed by atoms with E-state index in [0.717, 1.165) is 15.9 Å². The first-order chi connectivity index (χ1) is 21.5. The Morgan fingerprint density at radius 1 is 1.16 bits per heavy atom. The van der Waals surface area contributed by atoms with Crippen LogP contribution in [0.4, 0.5) is 24.7 Å². The molecular weight excluding hydrogens is 611 g/mol. The SMILES string of the molecule is N#Cc1ccnc(N2C(=O)[C@H](O)C[C@H]2CC(=O)N(c2cccc(F)c2)[C@H](C(=O)NC2CCC(F)(F)CC2)c2ccccc2Cl)c1. The van der Waals surface area contributed by atoms with Gasteiger partial charge in [-0.05, 0) is 49.2 Å². The smallest absolute Gasteiger partial charge is 0.257 e. The van der Waals surface area contributed by atoms with Crippen LogP contribution in [0.15, 0.2) is 66.9 Å². The Balaban J connectivity index is 1.53. The molecule has 45 heavy (non-hydrogen) atoms. The Morgan fingerprint density at radius 2 is 1.89 bits per heavy atom. The number of nitrogens with zero attached hydrogens (tertiary/aromatic N) is 4. The summed E-state index contributed by atoms with van der Waals surface area (Å²) in [6.07, 6.45) is -1.48. The van der Waals surface area contributed by atoms with Crippen LogP contribution in [0.25, 0.3) is 0 Å². The van der Waals surface area contributed by atoms with E-state index in [2.05, 4.69) is 10.3 Å². The fourth-order valence-electron chi connectivity index (χ4n) is 5.82. The van der Waals surface area contributed by atoms with Gasteiger partial charge in [0.15, 0.2) is 0 Å². The van der Waals surface area contributed by atoms with Crippen LogP contribution < -0.4 is 15.1 Å². The lowest BCUT2D eigenvalue weighted by Crippen LogP contribution is -2.49. The number of carbonyl (C=O) groups is 3. The molecule has 3 aromatic rings. The van der Waals surface area contributed by atoms with E-state index in [0.29, 0.717) is 0 Å². The molecule has 1 saturated heterocycles. The summed E-state index contributed by atoms with van der Waals surface area (Å²) in [5.41, 5.74) is 0.422. The standard InChI is InChI=1S/C32H29ClF3N5O4/c33-25-7-2-1-6-24(25)29(30(44)39-21-8-11-32(35,36)12-9-21)41(22-5-3-4-20(34)15-22)28(43)17-23-16-26(42)31(45)40(23)27-14-19(18-37)10-13-38-27/h1-7,10,13-15,21,23,26,29,42H,8-9,11-12,16-17H2,(H,39,44)/t23-,26+,29-/m0/s1. The molecule has 0 bridgehead atoms. The first-order valence-corrected chi connectivity index (χ1v) is 14.7. The van der Waals surface area contributed by atoms with E-state index in [1.807, 2.05) is 6.07 Å². The highest BCUT2D eigenvalue weighted by atomic mass is 35.5. The van der Waals surface area contributed by atoms with Crippen LogP contribution in [0.5, 0.6) is 0 Å². The third-order valence-corrected chi connectivity index (χ3v) is 8.38. The Bertz CT molecular complexity index is 1640. The fourth-order valence-corrected chi connectivity index (χ4v) is 6.06. The van der Waals surface area contributed by atoms with Gasteiger partial charge in [0.25, 0.3) is 5.91 Å². The van der Waals surface area contributed by atoms with E-state index in [-0.39, 0.29) is 46.9 Å². The normalized spacial score (nSPS) is 20.4. The topological polar surface area (TPSA) is 127 Å². The van der Waals surface area contributed by atoms with Crippen molar-refractivity contribution in [2.45, 2.75) is 68.7 Å². The van der Waals surface area contributed by atoms with Crippen molar-refractivity contribution in [1.82, 2.24) is 10.3 Å². The number of carbonyl (C=O) groups excluding carboxylic acids is 3. The van der Waals surface area contributed by atoms with Gasteiger partial charge in [-0.3, -0.25) is 24.2 Å². The number of halogens is 4. The highest BCUT2D eigenvalue weighted by molar-refractivity contribution is 6.31. The molecule has 0 unspecified atom stereocenters. The Kier molecular flexibility index (Phi) is 9.41. The number of aliphatic hydroxyl groups is 1. The maximum atomic E-state index is 14.6. The number of anilines is 2. The summed E-state index contributed by atoms with van der Waals surface area (Å²) in [5.74, 6) is -5.61. The molecule has 2 aromatic carbocycles. The predicted molar refractivity (Wildman–Crippen MR) is 159 cm³/mol. The predicted octanol–water partition coefficient (Wildman–Crippen LogP) is 5.07. The van der Waals surface area contributed by atoms with Gasteiger partial charge in [0.1, 0.15) is 23.8 Å². The number of alkyl halides is 2. The Labute approximate surface area is 262 Å². The maximum Gasteiger partial charge on any atom is 0.257 e. The van der Waals surface area contributed by atoms with Crippen LogP contribution in [0.3, 0.4) is 0 Å². The van der Waals surface area contributed by atoms with Gasteiger partial charge in [-0.15, -0.1) is 0 Å². The second-order valence-corrected chi connectivity index (χ2v) is 11.5. The summed E-state index contributed by atoms with van der Waals surface area (Å²) in [6, 6.07) is 13.1. The van der Waals surface area contributed by atoms with E-state index in [9.17, 15) is 37.9 Å². The summed E-state index contributed by atoms with van der Waals surface area (Å²) in [5, 5.41) is 22.7. The number of benzene rings is 2. The van der Waals surface area contributed by atoms with Gasteiger partial charge in [-0.25, -0.2) is 18.2 Å². The number of aliphatic hydroxyl groups excluding tert-OH is 1. The van der Waals surface area contributed by atoms with Crippen molar-refractivity contribution in [1.29, 1.82) is 5.26 Å². The first kappa shape index (κ1) is 31.9. The van der Waals surface area contributed by atoms with Crippen LogP contribution in [0, 0.1) is 17.1 Å². The Morgan fingerprint density at radius 3 is 2.58 bits per heavy atom. The number of hydrogen-bond acceptors (Lipinski definition) is 6. The third kappa shape index (κ3) is 7.10. The summed E-state index contributed by atoms with van der Waals surface area (Å²) < 4.78 is 42.3. The van der Waals surface area contributed by atoms with Crippen LogP contribution >= 0.6 is 11.6 Å². The lowest BCUT2D eigenvalue weighted by Gasteiger charge is -2.35. The maximum absolute atomic E-state index is 14.6. The average Bonchev–Trinajstić information content (AvgIpc) is 3.29. The molecule has 234 valence electrons. The minimum Gasteiger partial charge on any atom is -0.383 e. The highest BCUT2D eigenvalue weighted by Gasteiger charge is 2.44. The van der Waals surface area contributed by atoms with Crippen molar-refractivity contribution in [3.63, 3.8) is 0 Å². The van der Waals surface area contributed by atoms with Crippen molar-refractivity contribution in [3.8, 4) is 6.07 Å². The van der Waals surface area contributed by atoms with Crippen molar-refractivity contribution >= 4 is 40.8 Å². The second kappa shape index (κ2) is 13.3. The van der Waals surface area contributed by atoms with Gasteiger partial charge in [0, 0.05) is 54.2 Å².